The molecule has 1 fully saturated rings. The third-order valence-corrected chi connectivity index (χ3v) is 5.45. The van der Waals surface area contributed by atoms with Gasteiger partial charge in [0.05, 0.1) is 12.1 Å². The Kier molecular flexibility index (Phi) is 5.04. The molecular weight excluding hydrogens is 392 g/mol. The van der Waals surface area contributed by atoms with Crippen molar-refractivity contribution in [1.29, 1.82) is 0 Å². The van der Waals surface area contributed by atoms with Gasteiger partial charge in [0.25, 0.3) is 0 Å². The number of hydrogen-bond donors (Lipinski definition) is 0. The number of piperazine rings is 1. The third-order valence-electron chi connectivity index (χ3n) is 4.76. The van der Waals surface area contributed by atoms with E-state index in [1.54, 1.807) is 0 Å². The molecule has 5 nitrogen and oxygen atoms in total. The number of halogens is 1. The number of rotatable bonds is 4. The molecule has 2 aromatic carbocycles. The molecule has 4 rings (SSSR count). The van der Waals surface area contributed by atoms with Crippen molar-refractivity contribution in [3.05, 3.63) is 64.5 Å². The van der Waals surface area contributed by atoms with E-state index in [-0.39, 0.29) is 0 Å². The Balaban J connectivity index is 1.38. The third kappa shape index (κ3) is 3.66. The molecule has 3 aromatic rings. The van der Waals surface area contributed by atoms with Gasteiger partial charge in [-0.15, -0.1) is 10.2 Å². The van der Waals surface area contributed by atoms with Crippen LogP contribution in [-0.4, -0.2) is 41.3 Å². The number of benzene rings is 2. The van der Waals surface area contributed by atoms with Crippen molar-refractivity contribution in [3.63, 3.8) is 0 Å². The molecule has 0 radical (unpaired) electrons. The SMILES string of the molecule is Cc1ccccc1N1CCN(Cc2nnc(-c3ccccc3Br)o2)CC1. The van der Waals surface area contributed by atoms with Gasteiger partial charge in [-0.3, -0.25) is 4.90 Å². The van der Waals surface area contributed by atoms with Crippen LogP contribution in [0.4, 0.5) is 5.69 Å². The molecule has 1 aromatic heterocycles. The highest BCUT2D eigenvalue weighted by Gasteiger charge is 2.20. The smallest absolute Gasteiger partial charge is 0.248 e. The predicted octanol–water partition coefficient (Wildman–Crippen LogP) is 4.13. The average Bonchev–Trinajstić information content (AvgIpc) is 3.11. The van der Waals surface area contributed by atoms with Crippen LogP contribution < -0.4 is 4.90 Å². The quantitative estimate of drug-likeness (QED) is 0.644. The van der Waals surface area contributed by atoms with Crippen molar-refractivity contribution >= 4 is 21.6 Å². The van der Waals surface area contributed by atoms with E-state index < -0.39 is 0 Å². The maximum Gasteiger partial charge on any atom is 0.248 e. The zero-order valence-corrected chi connectivity index (χ0v) is 16.3. The molecule has 2 heterocycles. The highest BCUT2D eigenvalue weighted by Crippen LogP contribution is 2.27. The normalized spacial score (nSPS) is 15.4. The monoisotopic (exact) mass is 412 g/mol. The fourth-order valence-corrected chi connectivity index (χ4v) is 3.77. The lowest BCUT2D eigenvalue weighted by molar-refractivity contribution is 0.227. The zero-order valence-electron chi connectivity index (χ0n) is 14.7. The summed E-state index contributed by atoms with van der Waals surface area (Å²) in [5.74, 6) is 1.23. The summed E-state index contributed by atoms with van der Waals surface area (Å²) < 4.78 is 6.84. The Morgan fingerprint density at radius 1 is 0.962 bits per heavy atom. The summed E-state index contributed by atoms with van der Waals surface area (Å²) in [6.07, 6.45) is 0. The van der Waals surface area contributed by atoms with Crippen LogP contribution in [-0.2, 0) is 6.54 Å². The van der Waals surface area contributed by atoms with Crippen LogP contribution in [0.3, 0.4) is 0 Å². The molecule has 1 saturated heterocycles. The van der Waals surface area contributed by atoms with Crippen molar-refractivity contribution in [3.8, 4) is 11.5 Å². The summed E-state index contributed by atoms with van der Waals surface area (Å²) in [6.45, 7) is 6.86. The topological polar surface area (TPSA) is 45.4 Å². The number of hydrogen-bond acceptors (Lipinski definition) is 5. The number of aromatic nitrogens is 2. The standard InChI is InChI=1S/C20H21BrN4O/c1-15-6-2-5-9-18(15)25-12-10-24(11-13-25)14-19-22-23-20(26-19)16-7-3-4-8-17(16)21/h2-9H,10-14H2,1H3. The second-order valence-electron chi connectivity index (χ2n) is 6.53. The molecule has 0 spiro atoms. The molecule has 0 saturated carbocycles. The van der Waals surface area contributed by atoms with Gasteiger partial charge in [-0.2, -0.15) is 0 Å². The van der Waals surface area contributed by atoms with E-state index in [2.05, 4.69) is 67.1 Å². The van der Waals surface area contributed by atoms with Crippen LogP contribution in [0.5, 0.6) is 0 Å². The molecule has 26 heavy (non-hydrogen) atoms. The molecule has 0 N–H and O–H groups in total. The second kappa shape index (κ2) is 7.60. The molecule has 1 aliphatic rings. The van der Waals surface area contributed by atoms with Gasteiger partial charge in [0, 0.05) is 36.3 Å². The highest BCUT2D eigenvalue weighted by atomic mass is 79.9. The molecule has 6 heteroatoms. The van der Waals surface area contributed by atoms with Gasteiger partial charge >= 0.3 is 0 Å². The Morgan fingerprint density at radius 3 is 2.46 bits per heavy atom. The number of anilines is 1. The van der Waals surface area contributed by atoms with Crippen LogP contribution >= 0.6 is 15.9 Å². The van der Waals surface area contributed by atoms with Gasteiger partial charge in [-0.1, -0.05) is 30.3 Å². The summed E-state index contributed by atoms with van der Waals surface area (Å²) in [5.41, 5.74) is 3.59. The van der Waals surface area contributed by atoms with E-state index in [4.69, 9.17) is 4.42 Å². The minimum absolute atomic E-state index is 0.561. The van der Waals surface area contributed by atoms with Crippen molar-refractivity contribution in [1.82, 2.24) is 15.1 Å². The van der Waals surface area contributed by atoms with Crippen LogP contribution in [0.25, 0.3) is 11.5 Å². The lowest BCUT2D eigenvalue weighted by Crippen LogP contribution is -2.46. The molecule has 0 atom stereocenters. The first-order valence-electron chi connectivity index (χ1n) is 8.81. The minimum Gasteiger partial charge on any atom is -0.419 e. The van der Waals surface area contributed by atoms with E-state index >= 15 is 0 Å². The van der Waals surface area contributed by atoms with E-state index in [9.17, 15) is 0 Å². The summed E-state index contributed by atoms with van der Waals surface area (Å²) in [6, 6.07) is 16.5. The molecule has 0 unspecified atom stereocenters. The van der Waals surface area contributed by atoms with Gasteiger partial charge in [-0.25, -0.2) is 0 Å². The summed E-state index contributed by atoms with van der Waals surface area (Å²) >= 11 is 3.53. The first-order valence-corrected chi connectivity index (χ1v) is 9.60. The summed E-state index contributed by atoms with van der Waals surface area (Å²) in [7, 11) is 0. The molecule has 0 aliphatic carbocycles. The second-order valence-corrected chi connectivity index (χ2v) is 7.38. The maximum atomic E-state index is 5.88. The molecule has 0 bridgehead atoms. The van der Waals surface area contributed by atoms with Crippen LogP contribution in [0.15, 0.2) is 57.4 Å². The van der Waals surface area contributed by atoms with Gasteiger partial charge in [-0.05, 0) is 46.6 Å². The Bertz CT molecular complexity index is 887. The van der Waals surface area contributed by atoms with Crippen molar-refractivity contribution < 1.29 is 4.42 Å². The lowest BCUT2D eigenvalue weighted by Gasteiger charge is -2.36. The maximum absolute atomic E-state index is 5.88. The van der Waals surface area contributed by atoms with Crippen molar-refractivity contribution in [2.24, 2.45) is 0 Å². The Labute approximate surface area is 161 Å². The molecule has 0 amide bonds. The van der Waals surface area contributed by atoms with Crippen LogP contribution in [0, 0.1) is 6.92 Å². The van der Waals surface area contributed by atoms with Gasteiger partial charge in [0.1, 0.15) is 0 Å². The molecule has 1 aliphatic heterocycles. The Morgan fingerprint density at radius 2 is 1.69 bits per heavy atom. The zero-order chi connectivity index (χ0) is 17.9. The van der Waals surface area contributed by atoms with E-state index in [1.807, 2.05) is 24.3 Å². The number of aryl methyl sites for hydroxylation is 1. The first-order chi connectivity index (χ1) is 12.7. The van der Waals surface area contributed by atoms with E-state index in [1.165, 1.54) is 11.3 Å². The fraction of sp³-hybridized carbons (Fsp3) is 0.300. The van der Waals surface area contributed by atoms with Crippen LogP contribution in [0.2, 0.25) is 0 Å². The highest BCUT2D eigenvalue weighted by molar-refractivity contribution is 9.10. The fourth-order valence-electron chi connectivity index (χ4n) is 3.32. The van der Waals surface area contributed by atoms with E-state index in [0.29, 0.717) is 18.3 Å². The van der Waals surface area contributed by atoms with Gasteiger partial charge in [0.2, 0.25) is 11.8 Å². The van der Waals surface area contributed by atoms with E-state index in [0.717, 1.165) is 36.2 Å². The lowest BCUT2D eigenvalue weighted by atomic mass is 10.1. The molecular formula is C20H21BrN4O. The van der Waals surface area contributed by atoms with Crippen molar-refractivity contribution in [2.45, 2.75) is 13.5 Å². The number of nitrogens with zero attached hydrogens (tertiary/aromatic N) is 4. The minimum atomic E-state index is 0.561. The summed E-state index contributed by atoms with van der Waals surface area (Å²) in [5, 5.41) is 8.43. The average molecular weight is 413 g/mol. The Hall–Kier alpha value is -2.18. The molecule has 134 valence electrons. The first kappa shape index (κ1) is 17.2. The largest absolute Gasteiger partial charge is 0.419 e. The van der Waals surface area contributed by atoms with Crippen LogP contribution in [0.1, 0.15) is 11.5 Å². The van der Waals surface area contributed by atoms with Crippen molar-refractivity contribution in [2.75, 3.05) is 31.1 Å². The number of para-hydroxylation sites is 1. The van der Waals surface area contributed by atoms with Gasteiger partial charge < -0.3 is 9.32 Å². The predicted molar refractivity (Wildman–Crippen MR) is 106 cm³/mol. The summed E-state index contributed by atoms with van der Waals surface area (Å²) in [4.78, 5) is 4.82. The van der Waals surface area contributed by atoms with Gasteiger partial charge in [0.15, 0.2) is 0 Å².